The van der Waals surface area contributed by atoms with Gasteiger partial charge in [-0.2, -0.15) is 11.3 Å². The molecule has 0 bridgehead atoms. The van der Waals surface area contributed by atoms with Crippen molar-refractivity contribution in [3.8, 4) is 5.75 Å². The normalized spacial score (nSPS) is 11.6. The minimum Gasteiger partial charge on any atom is -0.481 e. The van der Waals surface area contributed by atoms with Crippen molar-refractivity contribution < 1.29 is 14.3 Å². The van der Waals surface area contributed by atoms with E-state index >= 15 is 0 Å². The van der Waals surface area contributed by atoms with E-state index in [0.29, 0.717) is 18.6 Å². The molecule has 0 aliphatic carbocycles. The van der Waals surface area contributed by atoms with Crippen LogP contribution in [0.15, 0.2) is 45.6 Å². The molecule has 2 amide bonds. The Labute approximate surface area is 147 Å². The summed E-state index contributed by atoms with van der Waals surface area (Å²) in [4.78, 5) is 23.6. The maximum absolute atomic E-state index is 11.9. The molecule has 2 N–H and O–H groups in total. The molecular weight excluding hydrogens is 380 g/mol. The number of thiophene rings is 1. The van der Waals surface area contributed by atoms with Gasteiger partial charge in [-0.1, -0.05) is 22.0 Å². The van der Waals surface area contributed by atoms with Crippen LogP contribution in [0.4, 0.5) is 0 Å². The van der Waals surface area contributed by atoms with Crippen LogP contribution in [0.1, 0.15) is 18.9 Å². The Bertz CT molecular complexity index is 661. The number of carbonyl (C=O) groups is 2. The Morgan fingerprint density at radius 3 is 2.83 bits per heavy atom. The Hall–Kier alpha value is -1.86. The van der Waals surface area contributed by atoms with Crippen LogP contribution in [0.5, 0.6) is 5.75 Å². The predicted octanol–water partition coefficient (Wildman–Crippen LogP) is 3.06. The number of ether oxygens (including phenoxy) is 1. The minimum absolute atomic E-state index is 0.237. The standard InChI is InChI=1S/C16H17BrN2O3S/c1-11(22-14-4-2-3-13(17)9-14)16(21)19-18-15(20)6-5-12-7-8-23-10-12/h2-4,7-11H,5-6H2,1H3,(H,18,20)(H,19,21). The van der Waals surface area contributed by atoms with Crippen LogP contribution >= 0.6 is 27.3 Å². The van der Waals surface area contributed by atoms with Crippen molar-refractivity contribution >= 4 is 39.1 Å². The minimum atomic E-state index is -0.721. The number of benzene rings is 1. The van der Waals surface area contributed by atoms with Gasteiger partial charge in [-0.05, 0) is 53.9 Å². The van der Waals surface area contributed by atoms with Crippen molar-refractivity contribution in [3.05, 3.63) is 51.1 Å². The van der Waals surface area contributed by atoms with Gasteiger partial charge in [0.25, 0.3) is 5.91 Å². The Kier molecular flexibility index (Phi) is 6.61. The van der Waals surface area contributed by atoms with E-state index in [0.717, 1.165) is 10.0 Å². The molecule has 2 aromatic rings. The number of nitrogens with one attached hydrogen (secondary N) is 2. The maximum atomic E-state index is 11.9. The molecular formula is C16H17BrN2O3S. The van der Waals surface area contributed by atoms with E-state index in [4.69, 9.17) is 4.74 Å². The highest BCUT2D eigenvalue weighted by molar-refractivity contribution is 9.10. The van der Waals surface area contributed by atoms with E-state index in [2.05, 4.69) is 26.8 Å². The summed E-state index contributed by atoms with van der Waals surface area (Å²) in [5, 5.41) is 3.97. The second kappa shape index (κ2) is 8.69. The SMILES string of the molecule is CC(Oc1cccc(Br)c1)C(=O)NNC(=O)CCc1ccsc1. The van der Waals surface area contributed by atoms with Crippen LogP contribution in [0, 0.1) is 0 Å². The Morgan fingerprint density at radius 2 is 2.13 bits per heavy atom. The third-order valence-electron chi connectivity index (χ3n) is 3.02. The van der Waals surface area contributed by atoms with Crippen LogP contribution in [-0.4, -0.2) is 17.9 Å². The number of hydrogen-bond donors (Lipinski definition) is 2. The van der Waals surface area contributed by atoms with E-state index < -0.39 is 12.0 Å². The summed E-state index contributed by atoms with van der Waals surface area (Å²) >= 11 is 4.93. The smallest absolute Gasteiger partial charge is 0.279 e. The van der Waals surface area contributed by atoms with E-state index in [-0.39, 0.29) is 5.91 Å². The molecule has 1 unspecified atom stereocenters. The molecule has 1 aromatic carbocycles. The molecule has 1 atom stereocenters. The second-order valence-electron chi connectivity index (χ2n) is 4.89. The van der Waals surface area contributed by atoms with Gasteiger partial charge in [0.2, 0.25) is 5.91 Å². The number of amides is 2. The van der Waals surface area contributed by atoms with Crippen molar-refractivity contribution in [2.24, 2.45) is 0 Å². The van der Waals surface area contributed by atoms with E-state index in [9.17, 15) is 9.59 Å². The lowest BCUT2D eigenvalue weighted by molar-refractivity contribution is -0.132. The summed E-state index contributed by atoms with van der Waals surface area (Å²) in [5.74, 6) is -0.0705. The summed E-state index contributed by atoms with van der Waals surface area (Å²) in [6.07, 6.45) is 0.245. The third-order valence-corrected chi connectivity index (χ3v) is 4.25. The Morgan fingerprint density at radius 1 is 1.30 bits per heavy atom. The largest absolute Gasteiger partial charge is 0.481 e. The third kappa shape index (κ3) is 6.03. The number of hydrazine groups is 1. The van der Waals surface area contributed by atoms with Gasteiger partial charge < -0.3 is 4.74 Å². The fourth-order valence-electron chi connectivity index (χ4n) is 1.79. The molecule has 23 heavy (non-hydrogen) atoms. The predicted molar refractivity (Wildman–Crippen MR) is 93.2 cm³/mol. The van der Waals surface area contributed by atoms with Crippen molar-refractivity contribution in [1.29, 1.82) is 0 Å². The van der Waals surface area contributed by atoms with Gasteiger partial charge in [0.1, 0.15) is 5.75 Å². The zero-order valence-corrected chi connectivity index (χ0v) is 14.9. The molecule has 0 fully saturated rings. The van der Waals surface area contributed by atoms with Crippen LogP contribution in [0.3, 0.4) is 0 Å². The molecule has 0 saturated heterocycles. The zero-order chi connectivity index (χ0) is 16.7. The van der Waals surface area contributed by atoms with Gasteiger partial charge in [0.15, 0.2) is 6.10 Å². The van der Waals surface area contributed by atoms with Crippen LogP contribution in [0.2, 0.25) is 0 Å². The summed E-state index contributed by atoms with van der Waals surface area (Å²) in [6, 6.07) is 9.18. The Balaban J connectivity index is 1.72. The van der Waals surface area contributed by atoms with Crippen molar-refractivity contribution in [3.63, 3.8) is 0 Å². The highest BCUT2D eigenvalue weighted by Crippen LogP contribution is 2.18. The van der Waals surface area contributed by atoms with Crippen LogP contribution in [0.25, 0.3) is 0 Å². The fourth-order valence-corrected chi connectivity index (χ4v) is 2.87. The summed E-state index contributed by atoms with van der Waals surface area (Å²) < 4.78 is 6.38. The van der Waals surface area contributed by atoms with Gasteiger partial charge >= 0.3 is 0 Å². The number of rotatable bonds is 6. The molecule has 0 aliphatic heterocycles. The molecule has 0 saturated carbocycles. The van der Waals surface area contributed by atoms with E-state index in [1.54, 1.807) is 30.4 Å². The second-order valence-corrected chi connectivity index (χ2v) is 6.58. The average molecular weight is 397 g/mol. The van der Waals surface area contributed by atoms with Gasteiger partial charge in [-0.3, -0.25) is 20.4 Å². The number of halogens is 1. The first kappa shape index (κ1) is 17.5. The maximum Gasteiger partial charge on any atom is 0.279 e. The number of hydrogen-bond acceptors (Lipinski definition) is 4. The molecule has 0 radical (unpaired) electrons. The number of aryl methyl sites for hydroxylation is 1. The first-order valence-electron chi connectivity index (χ1n) is 7.06. The lowest BCUT2D eigenvalue weighted by Crippen LogP contribution is -2.47. The molecule has 5 nitrogen and oxygen atoms in total. The first-order chi connectivity index (χ1) is 11.0. The highest BCUT2D eigenvalue weighted by Gasteiger charge is 2.15. The monoisotopic (exact) mass is 396 g/mol. The van der Waals surface area contributed by atoms with E-state index in [1.807, 2.05) is 29.0 Å². The molecule has 7 heteroatoms. The van der Waals surface area contributed by atoms with Crippen LogP contribution in [-0.2, 0) is 16.0 Å². The van der Waals surface area contributed by atoms with Gasteiger partial charge in [0.05, 0.1) is 0 Å². The molecule has 1 heterocycles. The lowest BCUT2D eigenvalue weighted by Gasteiger charge is -2.15. The van der Waals surface area contributed by atoms with Gasteiger partial charge in [-0.25, -0.2) is 0 Å². The van der Waals surface area contributed by atoms with Crippen molar-refractivity contribution in [2.45, 2.75) is 25.9 Å². The van der Waals surface area contributed by atoms with Crippen molar-refractivity contribution in [1.82, 2.24) is 10.9 Å². The van der Waals surface area contributed by atoms with Gasteiger partial charge in [-0.15, -0.1) is 0 Å². The van der Waals surface area contributed by atoms with Crippen molar-refractivity contribution in [2.75, 3.05) is 0 Å². The summed E-state index contributed by atoms with van der Waals surface area (Å²) in [6.45, 7) is 1.62. The van der Waals surface area contributed by atoms with Gasteiger partial charge in [0, 0.05) is 10.9 Å². The van der Waals surface area contributed by atoms with Crippen LogP contribution < -0.4 is 15.6 Å². The molecule has 1 aromatic heterocycles. The molecule has 2 rings (SSSR count). The fraction of sp³-hybridized carbons (Fsp3) is 0.250. The quantitative estimate of drug-likeness (QED) is 0.737. The molecule has 122 valence electrons. The molecule has 0 spiro atoms. The average Bonchev–Trinajstić information content (AvgIpc) is 3.04. The lowest BCUT2D eigenvalue weighted by atomic mass is 10.2. The molecule has 0 aliphatic rings. The topological polar surface area (TPSA) is 67.4 Å². The van der Waals surface area contributed by atoms with E-state index in [1.165, 1.54) is 0 Å². The highest BCUT2D eigenvalue weighted by atomic mass is 79.9. The zero-order valence-electron chi connectivity index (χ0n) is 12.5. The first-order valence-corrected chi connectivity index (χ1v) is 8.80. The number of carbonyl (C=O) groups excluding carboxylic acids is 2. The summed E-state index contributed by atoms with van der Waals surface area (Å²) in [7, 11) is 0. The summed E-state index contributed by atoms with van der Waals surface area (Å²) in [5.41, 5.74) is 5.89.